The van der Waals surface area contributed by atoms with Crippen molar-refractivity contribution in [3.63, 3.8) is 0 Å². The first kappa shape index (κ1) is 12.9. The Balaban J connectivity index is 1.86. The molecule has 0 aliphatic heterocycles. The molecule has 0 atom stereocenters. The predicted octanol–water partition coefficient (Wildman–Crippen LogP) is 4.14. The van der Waals surface area contributed by atoms with Crippen molar-refractivity contribution in [1.29, 1.82) is 0 Å². The molecular formula is C17H12N4S. The van der Waals surface area contributed by atoms with Crippen LogP contribution < -0.4 is 0 Å². The van der Waals surface area contributed by atoms with Gasteiger partial charge in [-0.25, -0.2) is 15.0 Å². The van der Waals surface area contributed by atoms with Crippen LogP contribution in [-0.2, 0) is 0 Å². The van der Waals surface area contributed by atoms with Gasteiger partial charge in [-0.3, -0.25) is 0 Å². The second-order valence-corrected chi connectivity index (χ2v) is 5.83. The summed E-state index contributed by atoms with van der Waals surface area (Å²) in [5.41, 5.74) is 5.02. The van der Waals surface area contributed by atoms with E-state index < -0.39 is 0 Å². The van der Waals surface area contributed by atoms with E-state index in [1.54, 1.807) is 17.7 Å². The Labute approximate surface area is 131 Å². The third kappa shape index (κ3) is 2.12. The summed E-state index contributed by atoms with van der Waals surface area (Å²) in [6.45, 7) is 4.19. The SMILES string of the molecule is C=C(c1c[nH]cn1)c1csc2ccc(-c3cncnc3)cc12. The van der Waals surface area contributed by atoms with Crippen molar-refractivity contribution in [1.82, 2.24) is 19.9 Å². The van der Waals surface area contributed by atoms with E-state index in [0.717, 1.165) is 28.0 Å². The number of benzene rings is 1. The highest BCUT2D eigenvalue weighted by molar-refractivity contribution is 7.17. The third-order valence-electron chi connectivity index (χ3n) is 3.60. The summed E-state index contributed by atoms with van der Waals surface area (Å²) < 4.78 is 1.23. The number of hydrogen-bond donors (Lipinski definition) is 1. The number of rotatable bonds is 3. The van der Waals surface area contributed by atoms with Gasteiger partial charge in [0.05, 0.1) is 12.0 Å². The fourth-order valence-corrected chi connectivity index (χ4v) is 3.41. The number of H-pyrrole nitrogens is 1. The predicted molar refractivity (Wildman–Crippen MR) is 89.6 cm³/mol. The fraction of sp³-hybridized carbons (Fsp3) is 0. The van der Waals surface area contributed by atoms with Crippen LogP contribution in [0.2, 0.25) is 0 Å². The molecule has 5 heteroatoms. The Morgan fingerprint density at radius 3 is 2.77 bits per heavy atom. The summed E-state index contributed by atoms with van der Waals surface area (Å²) in [7, 11) is 0. The number of fused-ring (bicyclic) bond motifs is 1. The van der Waals surface area contributed by atoms with Crippen molar-refractivity contribution in [2.24, 2.45) is 0 Å². The minimum atomic E-state index is 0.869. The van der Waals surface area contributed by atoms with Crippen molar-refractivity contribution in [3.8, 4) is 11.1 Å². The average Bonchev–Trinajstić information content (AvgIpc) is 3.24. The molecule has 0 unspecified atom stereocenters. The molecule has 0 aliphatic carbocycles. The van der Waals surface area contributed by atoms with Crippen LogP contribution >= 0.6 is 11.3 Å². The van der Waals surface area contributed by atoms with Crippen molar-refractivity contribution < 1.29 is 0 Å². The molecule has 3 heterocycles. The molecule has 4 rings (SSSR count). The van der Waals surface area contributed by atoms with Gasteiger partial charge < -0.3 is 4.98 Å². The van der Waals surface area contributed by atoms with Crippen LogP contribution in [0.25, 0.3) is 26.8 Å². The number of nitrogens with zero attached hydrogens (tertiary/aromatic N) is 3. The molecule has 4 aromatic rings. The van der Waals surface area contributed by atoms with Crippen molar-refractivity contribution in [2.45, 2.75) is 0 Å². The standard InChI is InChI=1S/C17H12N4S/c1-11(16-7-20-10-21-16)15-8-22-17-3-2-12(4-14(15)17)13-5-18-9-19-6-13/h2-10H,1H2,(H,20,21). The van der Waals surface area contributed by atoms with E-state index in [2.05, 4.69) is 50.1 Å². The summed E-state index contributed by atoms with van der Waals surface area (Å²) in [5, 5.41) is 3.31. The van der Waals surface area contributed by atoms with Gasteiger partial charge in [-0.15, -0.1) is 11.3 Å². The monoisotopic (exact) mass is 304 g/mol. The second kappa shape index (κ2) is 5.20. The molecule has 0 saturated heterocycles. The van der Waals surface area contributed by atoms with Crippen LogP contribution in [0.1, 0.15) is 11.3 Å². The van der Waals surface area contributed by atoms with Crippen molar-refractivity contribution >= 4 is 27.0 Å². The third-order valence-corrected chi connectivity index (χ3v) is 4.56. The number of thiophene rings is 1. The van der Waals surface area contributed by atoms with Gasteiger partial charge in [-0.2, -0.15) is 0 Å². The topological polar surface area (TPSA) is 54.5 Å². The lowest BCUT2D eigenvalue weighted by Gasteiger charge is -2.04. The first-order chi connectivity index (χ1) is 10.8. The summed E-state index contributed by atoms with van der Waals surface area (Å²) in [6.07, 6.45) is 8.71. The van der Waals surface area contributed by atoms with Gasteiger partial charge in [0, 0.05) is 45.4 Å². The molecule has 22 heavy (non-hydrogen) atoms. The average molecular weight is 304 g/mol. The minimum absolute atomic E-state index is 0.869. The quantitative estimate of drug-likeness (QED) is 0.619. The largest absolute Gasteiger partial charge is 0.351 e. The Kier molecular flexibility index (Phi) is 3.05. The normalized spacial score (nSPS) is 10.9. The molecule has 0 saturated carbocycles. The van der Waals surface area contributed by atoms with Crippen LogP contribution in [0, 0.1) is 0 Å². The Morgan fingerprint density at radius 1 is 1.14 bits per heavy atom. The first-order valence-corrected chi connectivity index (χ1v) is 7.66. The van der Waals surface area contributed by atoms with Gasteiger partial charge >= 0.3 is 0 Å². The lowest BCUT2D eigenvalue weighted by molar-refractivity contribution is 1.17. The van der Waals surface area contributed by atoms with Gasteiger partial charge in [-0.1, -0.05) is 12.6 Å². The number of aromatic amines is 1. The van der Waals surface area contributed by atoms with Gasteiger partial charge in [0.2, 0.25) is 0 Å². The summed E-state index contributed by atoms with van der Waals surface area (Å²) in [4.78, 5) is 15.4. The van der Waals surface area contributed by atoms with Crippen LogP contribution in [0.5, 0.6) is 0 Å². The highest BCUT2D eigenvalue weighted by Gasteiger charge is 2.11. The number of hydrogen-bond acceptors (Lipinski definition) is 4. The summed E-state index contributed by atoms with van der Waals surface area (Å²) in [6, 6.07) is 6.39. The van der Waals surface area contributed by atoms with E-state index in [1.165, 1.54) is 16.4 Å². The van der Waals surface area contributed by atoms with Crippen molar-refractivity contribution in [2.75, 3.05) is 0 Å². The zero-order valence-corrected chi connectivity index (χ0v) is 12.5. The maximum Gasteiger partial charge on any atom is 0.115 e. The van der Waals surface area contributed by atoms with Crippen LogP contribution in [0.4, 0.5) is 0 Å². The zero-order chi connectivity index (χ0) is 14.9. The minimum Gasteiger partial charge on any atom is -0.351 e. The maximum atomic E-state index is 4.29. The van der Waals surface area contributed by atoms with E-state index in [9.17, 15) is 0 Å². The molecular weight excluding hydrogens is 292 g/mol. The van der Waals surface area contributed by atoms with E-state index >= 15 is 0 Å². The molecule has 3 aromatic heterocycles. The highest BCUT2D eigenvalue weighted by Crippen LogP contribution is 2.35. The Morgan fingerprint density at radius 2 is 2.00 bits per heavy atom. The highest BCUT2D eigenvalue weighted by atomic mass is 32.1. The lowest BCUT2D eigenvalue weighted by Crippen LogP contribution is -1.86. The fourth-order valence-electron chi connectivity index (χ4n) is 2.45. The number of imidazole rings is 1. The Hall–Kier alpha value is -2.79. The molecule has 1 N–H and O–H groups in total. The molecule has 0 bridgehead atoms. The molecule has 0 amide bonds. The molecule has 106 valence electrons. The van der Waals surface area contributed by atoms with Crippen LogP contribution in [-0.4, -0.2) is 19.9 Å². The second-order valence-electron chi connectivity index (χ2n) is 4.92. The maximum absolute atomic E-state index is 4.29. The van der Waals surface area contributed by atoms with E-state index in [4.69, 9.17) is 0 Å². The van der Waals surface area contributed by atoms with E-state index in [1.807, 2.05) is 18.6 Å². The van der Waals surface area contributed by atoms with Gasteiger partial charge in [-0.05, 0) is 23.1 Å². The first-order valence-electron chi connectivity index (χ1n) is 6.78. The molecule has 0 radical (unpaired) electrons. The zero-order valence-electron chi connectivity index (χ0n) is 11.7. The van der Waals surface area contributed by atoms with Gasteiger partial charge in [0.15, 0.2) is 0 Å². The number of nitrogens with one attached hydrogen (secondary N) is 1. The van der Waals surface area contributed by atoms with E-state index in [0.29, 0.717) is 0 Å². The number of aromatic nitrogens is 4. The Bertz CT molecular complexity index is 939. The summed E-state index contributed by atoms with van der Waals surface area (Å²) in [5.74, 6) is 0. The van der Waals surface area contributed by atoms with Gasteiger partial charge in [0.1, 0.15) is 6.33 Å². The molecule has 1 aromatic carbocycles. The molecule has 0 spiro atoms. The van der Waals surface area contributed by atoms with Gasteiger partial charge in [0.25, 0.3) is 0 Å². The smallest absolute Gasteiger partial charge is 0.115 e. The lowest BCUT2D eigenvalue weighted by atomic mass is 10.0. The van der Waals surface area contributed by atoms with Crippen molar-refractivity contribution in [3.05, 3.63) is 72.7 Å². The molecule has 0 aliphatic rings. The molecule has 4 nitrogen and oxygen atoms in total. The van der Waals surface area contributed by atoms with Crippen LogP contribution in [0.3, 0.4) is 0 Å². The van der Waals surface area contributed by atoms with Crippen LogP contribution in [0.15, 0.2) is 61.4 Å². The van der Waals surface area contributed by atoms with E-state index in [-0.39, 0.29) is 0 Å². The summed E-state index contributed by atoms with van der Waals surface area (Å²) >= 11 is 1.71. The molecule has 0 fully saturated rings.